The predicted octanol–water partition coefficient (Wildman–Crippen LogP) is 0.617. The van der Waals surface area contributed by atoms with E-state index >= 15 is 0 Å². The highest BCUT2D eigenvalue weighted by Gasteiger charge is 2.15. The van der Waals surface area contributed by atoms with E-state index in [-0.39, 0.29) is 13.0 Å². The number of nitrogens with zero attached hydrogens (tertiary/aromatic N) is 4. The summed E-state index contributed by atoms with van der Waals surface area (Å²) in [6.45, 7) is 5.27. The molecule has 8 nitrogen and oxygen atoms in total. The van der Waals surface area contributed by atoms with Crippen LogP contribution < -0.4 is 5.69 Å². The van der Waals surface area contributed by atoms with E-state index < -0.39 is 11.7 Å². The van der Waals surface area contributed by atoms with Gasteiger partial charge in [0.15, 0.2) is 5.82 Å². The Morgan fingerprint density at radius 2 is 2.00 bits per heavy atom. The van der Waals surface area contributed by atoms with E-state index in [2.05, 4.69) is 15.1 Å². The van der Waals surface area contributed by atoms with Crippen LogP contribution in [0.1, 0.15) is 35.1 Å². The van der Waals surface area contributed by atoms with Gasteiger partial charge in [0.05, 0.1) is 0 Å². The van der Waals surface area contributed by atoms with Gasteiger partial charge in [0.1, 0.15) is 6.54 Å². The van der Waals surface area contributed by atoms with E-state index in [0.717, 1.165) is 5.56 Å². The van der Waals surface area contributed by atoms with Gasteiger partial charge < -0.3 is 9.63 Å². The average Bonchev–Trinajstić information content (AvgIpc) is 2.79. The fourth-order valence-electron chi connectivity index (χ4n) is 2.16. The summed E-state index contributed by atoms with van der Waals surface area (Å²) in [5.41, 5.74) is 1.56. The average molecular weight is 292 g/mol. The Hall–Kier alpha value is -2.51. The normalized spacial score (nSPS) is 10.8. The Bertz CT molecular complexity index is 732. The van der Waals surface area contributed by atoms with Gasteiger partial charge >= 0.3 is 11.7 Å². The SMILES string of the molecule is Cc1noc(Cn2c(C)c(CCC(=O)O)c(C)nc2=O)n1. The number of rotatable bonds is 5. The number of aliphatic carboxylic acids is 1. The highest BCUT2D eigenvalue weighted by atomic mass is 16.5. The van der Waals surface area contributed by atoms with Crippen molar-refractivity contribution >= 4 is 5.97 Å². The van der Waals surface area contributed by atoms with Crippen LogP contribution in [0.4, 0.5) is 0 Å². The molecule has 0 aliphatic rings. The number of aromatic nitrogens is 4. The van der Waals surface area contributed by atoms with Crippen molar-refractivity contribution in [2.75, 3.05) is 0 Å². The van der Waals surface area contributed by atoms with Gasteiger partial charge in [-0.1, -0.05) is 5.16 Å². The number of hydrogen-bond donors (Lipinski definition) is 1. The van der Waals surface area contributed by atoms with Crippen LogP contribution in [0.3, 0.4) is 0 Å². The van der Waals surface area contributed by atoms with Gasteiger partial charge in [-0.15, -0.1) is 0 Å². The number of aryl methyl sites for hydroxylation is 2. The van der Waals surface area contributed by atoms with Crippen molar-refractivity contribution in [1.82, 2.24) is 19.7 Å². The maximum atomic E-state index is 12.0. The topological polar surface area (TPSA) is 111 Å². The van der Waals surface area contributed by atoms with Crippen LogP contribution in [0.5, 0.6) is 0 Å². The smallest absolute Gasteiger partial charge is 0.348 e. The molecule has 2 aromatic heterocycles. The van der Waals surface area contributed by atoms with E-state index in [9.17, 15) is 9.59 Å². The van der Waals surface area contributed by atoms with Crippen molar-refractivity contribution in [3.8, 4) is 0 Å². The summed E-state index contributed by atoms with van der Waals surface area (Å²) in [4.78, 5) is 30.7. The number of carbonyl (C=O) groups is 1. The van der Waals surface area contributed by atoms with E-state index in [1.54, 1.807) is 20.8 Å². The summed E-state index contributed by atoms with van der Waals surface area (Å²) in [6.07, 6.45) is 0.310. The van der Waals surface area contributed by atoms with Crippen molar-refractivity contribution in [2.45, 2.75) is 40.2 Å². The van der Waals surface area contributed by atoms with Gasteiger partial charge in [-0.05, 0) is 32.8 Å². The molecule has 21 heavy (non-hydrogen) atoms. The van der Waals surface area contributed by atoms with Crippen LogP contribution in [-0.2, 0) is 17.8 Å². The largest absolute Gasteiger partial charge is 0.481 e. The standard InChI is InChI=1S/C13H16N4O4/c1-7-10(4-5-12(18)19)8(2)17(13(20)14-7)6-11-15-9(3)16-21-11/h4-6H2,1-3H3,(H,18,19). The lowest BCUT2D eigenvalue weighted by molar-refractivity contribution is -0.136. The minimum atomic E-state index is -0.890. The molecule has 0 spiro atoms. The fourth-order valence-corrected chi connectivity index (χ4v) is 2.16. The highest BCUT2D eigenvalue weighted by molar-refractivity contribution is 5.67. The molecule has 0 aliphatic heterocycles. The number of carboxylic acids is 1. The molecule has 2 aromatic rings. The Labute approximate surface area is 120 Å². The summed E-state index contributed by atoms with van der Waals surface area (Å²) in [6, 6.07) is 0. The number of hydrogen-bond acceptors (Lipinski definition) is 6. The maximum Gasteiger partial charge on any atom is 0.348 e. The second-order valence-electron chi connectivity index (χ2n) is 4.76. The number of carboxylic acid groups (broad SMARTS) is 1. The molecule has 2 heterocycles. The molecule has 8 heteroatoms. The minimum absolute atomic E-state index is 0.0127. The molecule has 0 amide bonds. The molecule has 1 N–H and O–H groups in total. The van der Waals surface area contributed by atoms with Gasteiger partial charge in [-0.2, -0.15) is 9.97 Å². The van der Waals surface area contributed by atoms with Gasteiger partial charge in [0.2, 0.25) is 5.89 Å². The monoisotopic (exact) mass is 292 g/mol. The Morgan fingerprint density at radius 3 is 2.57 bits per heavy atom. The van der Waals surface area contributed by atoms with E-state index in [4.69, 9.17) is 9.63 Å². The summed E-state index contributed by atoms with van der Waals surface area (Å²) < 4.78 is 6.42. The molecule has 0 aromatic carbocycles. The van der Waals surface area contributed by atoms with Crippen LogP contribution in [0.2, 0.25) is 0 Å². The van der Waals surface area contributed by atoms with Crippen LogP contribution in [0.15, 0.2) is 9.32 Å². The summed E-state index contributed by atoms with van der Waals surface area (Å²) in [7, 11) is 0. The van der Waals surface area contributed by atoms with Gasteiger partial charge in [-0.25, -0.2) is 4.79 Å². The third-order valence-electron chi connectivity index (χ3n) is 3.22. The maximum absolute atomic E-state index is 12.0. The molecular formula is C13H16N4O4. The van der Waals surface area contributed by atoms with Crippen molar-refractivity contribution in [2.24, 2.45) is 0 Å². The molecule has 0 radical (unpaired) electrons. The summed E-state index contributed by atoms with van der Waals surface area (Å²) in [5, 5.41) is 12.5. The minimum Gasteiger partial charge on any atom is -0.481 e. The molecule has 0 saturated carbocycles. The van der Waals surface area contributed by atoms with Crippen molar-refractivity contribution in [3.63, 3.8) is 0 Å². The first-order valence-corrected chi connectivity index (χ1v) is 6.46. The molecule has 112 valence electrons. The van der Waals surface area contributed by atoms with Crippen LogP contribution in [-0.4, -0.2) is 30.8 Å². The lowest BCUT2D eigenvalue weighted by atomic mass is 10.1. The summed E-state index contributed by atoms with van der Waals surface area (Å²) in [5.74, 6) is -0.0894. The fraction of sp³-hybridized carbons (Fsp3) is 0.462. The second kappa shape index (κ2) is 5.86. The first-order chi connectivity index (χ1) is 9.88. The van der Waals surface area contributed by atoms with Crippen LogP contribution in [0.25, 0.3) is 0 Å². The van der Waals surface area contributed by atoms with Crippen LogP contribution in [0, 0.1) is 20.8 Å². The highest BCUT2D eigenvalue weighted by Crippen LogP contribution is 2.13. The molecule has 0 unspecified atom stereocenters. The lowest BCUT2D eigenvalue weighted by Gasteiger charge is -2.13. The molecule has 0 fully saturated rings. The third-order valence-corrected chi connectivity index (χ3v) is 3.22. The second-order valence-corrected chi connectivity index (χ2v) is 4.76. The molecule has 0 aliphatic carbocycles. The van der Waals surface area contributed by atoms with Gasteiger partial charge in [-0.3, -0.25) is 9.36 Å². The quantitative estimate of drug-likeness (QED) is 0.859. The van der Waals surface area contributed by atoms with Crippen molar-refractivity contribution in [3.05, 3.63) is 39.2 Å². The van der Waals surface area contributed by atoms with Crippen molar-refractivity contribution in [1.29, 1.82) is 0 Å². The Morgan fingerprint density at radius 1 is 1.29 bits per heavy atom. The van der Waals surface area contributed by atoms with Crippen LogP contribution >= 0.6 is 0 Å². The molecule has 0 atom stereocenters. The predicted molar refractivity (Wildman–Crippen MR) is 72.1 cm³/mol. The van der Waals surface area contributed by atoms with Crippen molar-refractivity contribution < 1.29 is 14.4 Å². The Kier molecular flexibility index (Phi) is 4.15. The zero-order chi connectivity index (χ0) is 15.6. The van der Waals surface area contributed by atoms with E-state index in [1.807, 2.05) is 0 Å². The molecule has 0 bridgehead atoms. The molecule has 0 saturated heterocycles. The van der Waals surface area contributed by atoms with E-state index in [0.29, 0.717) is 29.5 Å². The lowest BCUT2D eigenvalue weighted by Crippen LogP contribution is -2.28. The zero-order valence-corrected chi connectivity index (χ0v) is 12.1. The molecular weight excluding hydrogens is 276 g/mol. The van der Waals surface area contributed by atoms with Gasteiger partial charge in [0, 0.05) is 17.8 Å². The first kappa shape index (κ1) is 14.9. The summed E-state index contributed by atoms with van der Waals surface area (Å²) >= 11 is 0. The van der Waals surface area contributed by atoms with E-state index in [1.165, 1.54) is 4.57 Å². The Balaban J connectivity index is 2.38. The molecule has 2 rings (SSSR count). The van der Waals surface area contributed by atoms with Gasteiger partial charge in [0.25, 0.3) is 0 Å². The first-order valence-electron chi connectivity index (χ1n) is 6.46. The third kappa shape index (κ3) is 3.33. The zero-order valence-electron chi connectivity index (χ0n) is 12.1.